The molecular weight excluding hydrogens is 414 g/mol. The molecule has 1 aromatic carbocycles. The van der Waals surface area contributed by atoms with Gasteiger partial charge in [0.2, 0.25) is 11.8 Å². The van der Waals surface area contributed by atoms with Crippen molar-refractivity contribution in [3.05, 3.63) is 46.5 Å². The minimum atomic E-state index is -0.244. The molecule has 33 heavy (non-hydrogen) atoms. The average molecular weight is 452 g/mol. The number of phenols is 1. The summed E-state index contributed by atoms with van der Waals surface area (Å²) in [7, 11) is 0. The Bertz CT molecular complexity index is 962. The molecule has 1 aromatic rings. The number of imide groups is 1. The highest BCUT2D eigenvalue weighted by Crippen LogP contribution is 2.50. The second kappa shape index (κ2) is 10.3. The van der Waals surface area contributed by atoms with Crippen LogP contribution in [0, 0.1) is 17.8 Å². The molecule has 1 aliphatic carbocycles. The molecule has 4 atom stereocenters. The lowest BCUT2D eigenvalue weighted by atomic mass is 9.69. The van der Waals surface area contributed by atoms with Crippen molar-refractivity contribution in [1.29, 1.82) is 0 Å². The van der Waals surface area contributed by atoms with E-state index in [9.17, 15) is 14.7 Å². The first-order chi connectivity index (χ1) is 16.0. The normalized spacial score (nSPS) is 27.4. The molecule has 2 fully saturated rings. The lowest BCUT2D eigenvalue weighted by molar-refractivity contribution is -0.140. The van der Waals surface area contributed by atoms with Gasteiger partial charge in [0, 0.05) is 18.0 Å². The fraction of sp³-hybridized carbons (Fsp3) is 0.571. The number of phenolic OH excluding ortho intramolecular Hbond substituents is 1. The maximum absolute atomic E-state index is 13.2. The van der Waals surface area contributed by atoms with Crippen LogP contribution in [0.4, 0.5) is 0 Å². The zero-order chi connectivity index (χ0) is 23.5. The van der Waals surface area contributed by atoms with Crippen LogP contribution in [-0.4, -0.2) is 41.1 Å². The molecule has 0 radical (unpaired) electrons. The summed E-state index contributed by atoms with van der Waals surface area (Å²) in [6.07, 6.45) is 8.31. The first kappa shape index (κ1) is 23.7. The first-order valence-corrected chi connectivity index (χ1v) is 12.7. The molecule has 2 amide bonds. The van der Waals surface area contributed by atoms with E-state index in [2.05, 4.69) is 19.9 Å². The Morgan fingerprint density at radius 3 is 2.58 bits per heavy atom. The van der Waals surface area contributed by atoms with E-state index < -0.39 is 0 Å². The van der Waals surface area contributed by atoms with E-state index in [0.29, 0.717) is 25.3 Å². The number of nitrogens with zero attached hydrogens (tertiary/aromatic N) is 1. The number of rotatable bonds is 9. The van der Waals surface area contributed by atoms with Gasteiger partial charge in [-0.25, -0.2) is 0 Å². The van der Waals surface area contributed by atoms with Gasteiger partial charge in [-0.2, -0.15) is 0 Å². The van der Waals surface area contributed by atoms with Gasteiger partial charge < -0.3 is 9.84 Å². The van der Waals surface area contributed by atoms with Crippen molar-refractivity contribution in [2.75, 3.05) is 13.2 Å². The van der Waals surface area contributed by atoms with E-state index in [0.717, 1.165) is 44.1 Å². The minimum Gasteiger partial charge on any atom is -0.507 e. The molecule has 0 unspecified atom stereocenters. The summed E-state index contributed by atoms with van der Waals surface area (Å²) in [5, 5.41) is 10.2. The Balaban J connectivity index is 1.54. The Labute approximate surface area is 197 Å². The Kier molecular flexibility index (Phi) is 7.38. The van der Waals surface area contributed by atoms with Crippen molar-refractivity contribution >= 4 is 17.9 Å². The van der Waals surface area contributed by atoms with Crippen LogP contribution in [0.3, 0.4) is 0 Å². The summed E-state index contributed by atoms with van der Waals surface area (Å²) in [6, 6.07) is 7.44. The zero-order valence-corrected chi connectivity index (χ0v) is 20.2. The predicted octanol–water partition coefficient (Wildman–Crippen LogP) is 5.49. The Morgan fingerprint density at radius 1 is 1.09 bits per heavy atom. The van der Waals surface area contributed by atoms with E-state index in [4.69, 9.17) is 4.74 Å². The summed E-state index contributed by atoms with van der Waals surface area (Å²) in [6.45, 7) is 7.40. The number of para-hydroxylation sites is 1. The molecule has 1 N–H and O–H groups in total. The third-order valence-electron chi connectivity index (χ3n) is 7.57. The lowest BCUT2D eigenvalue weighted by Gasteiger charge is -2.31. The third-order valence-corrected chi connectivity index (χ3v) is 7.57. The van der Waals surface area contributed by atoms with Crippen LogP contribution in [0.15, 0.2) is 41.0 Å². The smallest absolute Gasteiger partial charge is 0.233 e. The summed E-state index contributed by atoms with van der Waals surface area (Å²) < 4.78 is 6.31. The number of likely N-dealkylation sites (tertiary alicyclic amines) is 1. The number of aromatic hydroxyl groups is 1. The van der Waals surface area contributed by atoms with Crippen molar-refractivity contribution in [2.24, 2.45) is 17.8 Å². The zero-order valence-electron chi connectivity index (χ0n) is 20.2. The summed E-state index contributed by atoms with van der Waals surface area (Å²) in [4.78, 5) is 27.6. The lowest BCUT2D eigenvalue weighted by Crippen LogP contribution is -2.34. The maximum atomic E-state index is 13.2. The Morgan fingerprint density at radius 2 is 1.88 bits per heavy atom. The fourth-order valence-corrected chi connectivity index (χ4v) is 6.06. The van der Waals surface area contributed by atoms with Crippen LogP contribution < -0.4 is 0 Å². The molecule has 178 valence electrons. The fourth-order valence-electron chi connectivity index (χ4n) is 6.06. The topological polar surface area (TPSA) is 66.8 Å². The number of carbonyl (C=O) groups is 2. The van der Waals surface area contributed by atoms with Gasteiger partial charge >= 0.3 is 0 Å². The van der Waals surface area contributed by atoms with Crippen LogP contribution in [0.1, 0.15) is 71.3 Å². The van der Waals surface area contributed by atoms with E-state index in [1.807, 2.05) is 25.1 Å². The van der Waals surface area contributed by atoms with Gasteiger partial charge in [-0.1, -0.05) is 62.6 Å². The van der Waals surface area contributed by atoms with Crippen LogP contribution in [0.25, 0.3) is 6.08 Å². The van der Waals surface area contributed by atoms with Crippen LogP contribution in [0.5, 0.6) is 5.75 Å². The minimum absolute atomic E-state index is 0.0126. The molecule has 0 aromatic heterocycles. The first-order valence-electron chi connectivity index (χ1n) is 12.7. The highest BCUT2D eigenvalue weighted by atomic mass is 16.5. The SMILES string of the molecule is CCC/C(=C\c1ccccc1O)CC[C@H]1OC[C@H]2C1=C(CC)C[C@H]1C(=O)N(CCC)C(=O)[C@H]12. The monoisotopic (exact) mass is 451 g/mol. The molecule has 0 saturated carbocycles. The van der Waals surface area contributed by atoms with E-state index >= 15 is 0 Å². The summed E-state index contributed by atoms with van der Waals surface area (Å²) >= 11 is 0. The molecule has 2 aliphatic heterocycles. The second-order valence-electron chi connectivity index (χ2n) is 9.66. The van der Waals surface area contributed by atoms with Crippen molar-refractivity contribution < 1.29 is 19.4 Å². The maximum Gasteiger partial charge on any atom is 0.233 e. The van der Waals surface area contributed by atoms with Gasteiger partial charge in [0.25, 0.3) is 0 Å². The van der Waals surface area contributed by atoms with E-state index in [1.165, 1.54) is 21.6 Å². The van der Waals surface area contributed by atoms with Crippen molar-refractivity contribution in [1.82, 2.24) is 4.90 Å². The molecule has 4 rings (SSSR count). The number of allylic oxidation sites excluding steroid dienone is 2. The molecule has 2 heterocycles. The van der Waals surface area contributed by atoms with E-state index in [-0.39, 0.29) is 35.7 Å². The molecule has 5 nitrogen and oxygen atoms in total. The number of amides is 2. The van der Waals surface area contributed by atoms with Crippen molar-refractivity contribution in [3.8, 4) is 5.75 Å². The average Bonchev–Trinajstić information content (AvgIpc) is 3.33. The largest absolute Gasteiger partial charge is 0.507 e. The quantitative estimate of drug-likeness (QED) is 0.398. The molecular formula is C28H37NO4. The van der Waals surface area contributed by atoms with Crippen LogP contribution in [-0.2, 0) is 14.3 Å². The molecule has 5 heteroatoms. The number of fused-ring (bicyclic) bond motifs is 3. The van der Waals surface area contributed by atoms with Gasteiger partial charge in [0.05, 0.1) is 24.5 Å². The standard InChI is InChI=1S/C28H37NO4/c1-4-9-18(15-20-10-7-8-11-23(20)30)12-13-24-25-19(6-3)16-21-26(22(25)17-33-24)28(32)29(14-5-2)27(21)31/h7-8,10-11,15,21-22,24,26,30H,4-6,9,12-14,16-17H2,1-3H3/b18-15+/t21-,22+,24-,26-/m1/s1. The molecule has 0 bridgehead atoms. The van der Waals surface area contributed by atoms with Gasteiger partial charge in [-0.15, -0.1) is 0 Å². The van der Waals surface area contributed by atoms with Gasteiger partial charge in [-0.05, 0) is 50.2 Å². The summed E-state index contributed by atoms with van der Waals surface area (Å²) in [5.74, 6) is -0.0635. The Hall–Kier alpha value is -2.40. The number of carbonyl (C=O) groups excluding carboxylic acids is 2. The molecule has 0 spiro atoms. The number of hydrogen-bond donors (Lipinski definition) is 1. The number of hydrogen-bond acceptors (Lipinski definition) is 4. The van der Waals surface area contributed by atoms with Crippen molar-refractivity contribution in [3.63, 3.8) is 0 Å². The highest BCUT2D eigenvalue weighted by molar-refractivity contribution is 6.05. The molecule has 2 saturated heterocycles. The van der Waals surface area contributed by atoms with Gasteiger partial charge in [0.1, 0.15) is 5.75 Å². The van der Waals surface area contributed by atoms with Crippen LogP contribution >= 0.6 is 0 Å². The van der Waals surface area contributed by atoms with Gasteiger partial charge in [0.15, 0.2) is 0 Å². The predicted molar refractivity (Wildman–Crippen MR) is 129 cm³/mol. The second-order valence-corrected chi connectivity index (χ2v) is 9.66. The number of ether oxygens (including phenoxy) is 1. The van der Waals surface area contributed by atoms with Crippen LogP contribution in [0.2, 0.25) is 0 Å². The third kappa shape index (κ3) is 4.52. The highest BCUT2D eigenvalue weighted by Gasteiger charge is 2.56. The van der Waals surface area contributed by atoms with Crippen molar-refractivity contribution in [2.45, 2.75) is 71.8 Å². The molecule has 3 aliphatic rings. The number of benzene rings is 1. The summed E-state index contributed by atoms with van der Waals surface area (Å²) in [5.41, 5.74) is 4.78. The van der Waals surface area contributed by atoms with Gasteiger partial charge in [-0.3, -0.25) is 14.5 Å². The van der Waals surface area contributed by atoms with E-state index in [1.54, 1.807) is 6.07 Å².